The molecular weight excluding hydrogens is 327 g/mol. The van der Waals surface area contributed by atoms with Gasteiger partial charge in [0.1, 0.15) is 10.6 Å². The Hall–Kier alpha value is -1.62. The number of hydrogen-bond donors (Lipinski definition) is 3. The Bertz CT molecular complexity index is 826. The van der Waals surface area contributed by atoms with Crippen LogP contribution in [-0.2, 0) is 21.2 Å². The zero-order chi connectivity index (χ0) is 16.3. The van der Waals surface area contributed by atoms with Crippen LogP contribution in [0.15, 0.2) is 35.2 Å². The highest BCUT2D eigenvalue weighted by atomic mass is 32.2. The van der Waals surface area contributed by atoms with Gasteiger partial charge in [0.2, 0.25) is 11.1 Å². The third kappa shape index (κ3) is 3.58. The van der Waals surface area contributed by atoms with Crippen LogP contribution in [0, 0.1) is 0 Å². The van der Waals surface area contributed by atoms with Crippen molar-refractivity contribution in [3.8, 4) is 5.75 Å². The van der Waals surface area contributed by atoms with E-state index in [2.05, 4.69) is 5.23 Å². The number of benzene rings is 2. The van der Waals surface area contributed by atoms with Crippen LogP contribution in [0.2, 0.25) is 0 Å². The Kier molecular flexibility index (Phi) is 5.06. The first-order chi connectivity index (χ1) is 10.3. The lowest BCUT2D eigenvalue weighted by Gasteiger charge is -2.11. The van der Waals surface area contributed by atoms with Crippen LogP contribution in [0.4, 0.5) is 5.69 Å². The van der Waals surface area contributed by atoms with E-state index in [1.54, 1.807) is 6.07 Å². The molecule has 0 saturated heterocycles. The molecule has 1 unspecified atom stereocenters. The van der Waals surface area contributed by atoms with Gasteiger partial charge in [-0.25, -0.2) is 4.21 Å². The van der Waals surface area contributed by atoms with Crippen LogP contribution in [0.3, 0.4) is 0 Å². The quantitative estimate of drug-likeness (QED) is 0.395. The Labute approximate surface area is 131 Å². The molecule has 0 amide bonds. The maximum Gasteiger partial charge on any atom is 0.297 e. The second-order valence-corrected chi connectivity index (χ2v) is 6.90. The minimum atomic E-state index is -4.50. The summed E-state index contributed by atoms with van der Waals surface area (Å²) in [5, 5.41) is 2.92. The second-order valence-electron chi connectivity index (χ2n) is 4.36. The Morgan fingerprint density at radius 1 is 1.27 bits per heavy atom. The molecule has 7 nitrogen and oxygen atoms in total. The van der Waals surface area contributed by atoms with Gasteiger partial charge in [0.15, 0.2) is 7.98 Å². The van der Waals surface area contributed by atoms with E-state index in [9.17, 15) is 17.2 Å². The van der Waals surface area contributed by atoms with Crippen molar-refractivity contribution in [3.63, 3.8) is 0 Å². The predicted octanol–water partition coefficient (Wildman–Crippen LogP) is 0.384. The van der Waals surface area contributed by atoms with Crippen molar-refractivity contribution >= 4 is 45.6 Å². The third-order valence-electron chi connectivity index (χ3n) is 2.86. The number of nitrogens with one attached hydrogen (secondary N) is 1. The molecule has 2 aromatic carbocycles. The molecule has 4 N–H and O–H groups in total. The molecule has 0 saturated carbocycles. The smallest absolute Gasteiger partial charge is 0.297 e. The molecule has 0 bridgehead atoms. The molecule has 116 valence electrons. The molecule has 0 aromatic heterocycles. The summed E-state index contributed by atoms with van der Waals surface area (Å²) >= 11 is -1.65. The minimum absolute atomic E-state index is 0.0828. The fourth-order valence-corrected chi connectivity index (χ4v) is 3.50. The third-order valence-corrected chi connectivity index (χ3v) is 4.73. The van der Waals surface area contributed by atoms with E-state index in [1.165, 1.54) is 24.3 Å². The first-order valence-electron chi connectivity index (χ1n) is 6.13. The number of hydrogen-bond acceptors (Lipinski definition) is 6. The van der Waals surface area contributed by atoms with Gasteiger partial charge in [-0.05, 0) is 24.7 Å². The van der Waals surface area contributed by atoms with Crippen LogP contribution in [0.5, 0.6) is 5.75 Å². The van der Waals surface area contributed by atoms with Gasteiger partial charge in [-0.1, -0.05) is 12.1 Å². The van der Waals surface area contributed by atoms with E-state index in [-0.39, 0.29) is 22.6 Å². The van der Waals surface area contributed by atoms with Crippen LogP contribution in [0.25, 0.3) is 10.8 Å². The molecule has 2 aromatic rings. The number of rotatable bonds is 6. The normalized spacial score (nSPS) is 13.1. The Morgan fingerprint density at radius 2 is 2.00 bits per heavy atom. The van der Waals surface area contributed by atoms with E-state index >= 15 is 0 Å². The summed E-state index contributed by atoms with van der Waals surface area (Å²) in [4.78, 5) is -0.398. The minimum Gasteiger partial charge on any atom is -0.400 e. The van der Waals surface area contributed by atoms with E-state index in [1.807, 2.05) is 0 Å². The van der Waals surface area contributed by atoms with Gasteiger partial charge < -0.3 is 15.1 Å². The molecule has 2 rings (SSSR count). The van der Waals surface area contributed by atoms with Gasteiger partial charge in [-0.2, -0.15) is 8.42 Å². The van der Waals surface area contributed by atoms with Gasteiger partial charge in [0, 0.05) is 10.8 Å². The first kappa shape index (κ1) is 16.8. The highest BCUT2D eigenvalue weighted by Gasteiger charge is 2.19. The molecule has 0 fully saturated rings. The number of fused-ring (bicyclic) bond motifs is 1. The molecule has 2 radical (unpaired) electrons. The molecule has 0 aliphatic heterocycles. The monoisotopic (exact) mass is 340 g/mol. The maximum atomic E-state index is 11.8. The first-order valence-corrected chi connectivity index (χ1v) is 8.82. The maximum absolute atomic E-state index is 11.8. The lowest BCUT2D eigenvalue weighted by atomic mass is 10.1. The Balaban J connectivity index is 2.53. The lowest BCUT2D eigenvalue weighted by molar-refractivity contribution is 0.484. The molecule has 0 heterocycles. The van der Waals surface area contributed by atoms with E-state index < -0.39 is 26.1 Å². The van der Waals surface area contributed by atoms with Crippen molar-refractivity contribution in [1.29, 1.82) is 0 Å². The average Bonchev–Trinajstić information content (AvgIpc) is 2.43. The Morgan fingerprint density at radius 3 is 2.64 bits per heavy atom. The van der Waals surface area contributed by atoms with E-state index in [0.29, 0.717) is 11.9 Å². The van der Waals surface area contributed by atoms with E-state index in [0.717, 1.165) is 0 Å². The van der Waals surface area contributed by atoms with Crippen molar-refractivity contribution in [2.75, 3.05) is 18.0 Å². The highest BCUT2D eigenvalue weighted by Crippen LogP contribution is 2.34. The average molecular weight is 340 g/mol. The summed E-state index contributed by atoms with van der Waals surface area (Å²) in [7, 11) is 0.594. The van der Waals surface area contributed by atoms with Crippen LogP contribution >= 0.6 is 0 Å². The fourth-order valence-electron chi connectivity index (χ4n) is 1.96. The molecule has 0 aliphatic rings. The topological polar surface area (TPSA) is 119 Å². The van der Waals surface area contributed by atoms with Gasteiger partial charge in [-0.3, -0.25) is 4.55 Å². The molecule has 0 aliphatic carbocycles. The van der Waals surface area contributed by atoms with Gasteiger partial charge in [0.25, 0.3) is 10.1 Å². The van der Waals surface area contributed by atoms with Crippen LogP contribution in [0.1, 0.15) is 0 Å². The molecular formula is C12H13BN2O5S2. The van der Waals surface area contributed by atoms with Gasteiger partial charge in [0.05, 0.1) is 11.4 Å². The number of nitrogens with two attached hydrogens (primary N) is 1. The van der Waals surface area contributed by atoms with Gasteiger partial charge in [-0.15, -0.1) is 0 Å². The zero-order valence-electron chi connectivity index (χ0n) is 11.4. The van der Waals surface area contributed by atoms with Crippen molar-refractivity contribution in [2.24, 2.45) is 0 Å². The van der Waals surface area contributed by atoms with Crippen molar-refractivity contribution < 1.29 is 21.4 Å². The SMILES string of the molecule is [B]NCCS(=O)Oc1cccc2c(S(=O)(=O)O)c(N)ccc12. The highest BCUT2D eigenvalue weighted by molar-refractivity contribution is 7.86. The van der Waals surface area contributed by atoms with Crippen LogP contribution < -0.4 is 15.1 Å². The summed E-state index contributed by atoms with van der Waals surface area (Å²) in [6.07, 6.45) is 0. The van der Waals surface area contributed by atoms with E-state index in [4.69, 9.17) is 17.9 Å². The standard InChI is InChI=1S/C12H13BN2O5S2/c13-15-6-7-21(16)20-11-3-1-2-9-8(11)4-5-10(14)12(9)22(17,18)19/h1-5,15H,6-7,14H2,(H,17,18,19). The predicted molar refractivity (Wildman–Crippen MR) is 85.6 cm³/mol. The summed E-state index contributed by atoms with van der Waals surface area (Å²) in [6.45, 7) is 0.292. The fraction of sp³-hybridized carbons (Fsp3) is 0.167. The number of nitrogen functional groups attached to an aromatic ring is 1. The van der Waals surface area contributed by atoms with Gasteiger partial charge >= 0.3 is 0 Å². The number of anilines is 1. The summed E-state index contributed by atoms with van der Waals surface area (Å²) in [5.41, 5.74) is 5.54. The summed E-state index contributed by atoms with van der Waals surface area (Å²) in [5.74, 6) is 0.380. The molecule has 10 heteroatoms. The zero-order valence-corrected chi connectivity index (χ0v) is 13.0. The van der Waals surface area contributed by atoms with Crippen molar-refractivity contribution in [2.45, 2.75) is 4.90 Å². The lowest BCUT2D eigenvalue weighted by Crippen LogP contribution is -2.19. The molecule has 1 atom stereocenters. The molecule has 0 spiro atoms. The van der Waals surface area contributed by atoms with Crippen LogP contribution in [-0.4, -0.2) is 37.5 Å². The summed E-state index contributed by atoms with van der Waals surface area (Å²) < 4.78 is 49.4. The summed E-state index contributed by atoms with van der Waals surface area (Å²) in [6, 6.07) is 7.41. The second kappa shape index (κ2) is 6.65. The van der Waals surface area contributed by atoms with Crippen molar-refractivity contribution in [3.05, 3.63) is 30.3 Å². The molecule has 22 heavy (non-hydrogen) atoms. The largest absolute Gasteiger partial charge is 0.400 e. The van der Waals surface area contributed by atoms with Crippen molar-refractivity contribution in [1.82, 2.24) is 5.23 Å².